The van der Waals surface area contributed by atoms with E-state index in [0.717, 1.165) is 11.4 Å². The van der Waals surface area contributed by atoms with Crippen molar-refractivity contribution in [3.8, 4) is 5.75 Å². The van der Waals surface area contributed by atoms with Gasteiger partial charge in [-0.05, 0) is 24.3 Å². The van der Waals surface area contributed by atoms with Gasteiger partial charge in [-0.1, -0.05) is 0 Å². The standard InChI is InChI=1S/C9H12ClNO/c1-11(7-10)8-3-5-9(12-2)6-4-8/h3-6H,7H2,1-2H3. The maximum Gasteiger partial charge on any atom is 0.119 e. The monoisotopic (exact) mass is 185 g/mol. The zero-order valence-corrected chi connectivity index (χ0v) is 8.01. The second-order valence-corrected chi connectivity index (χ2v) is 2.75. The van der Waals surface area contributed by atoms with E-state index < -0.39 is 0 Å². The lowest BCUT2D eigenvalue weighted by molar-refractivity contribution is 0.415. The molecule has 0 aliphatic heterocycles. The van der Waals surface area contributed by atoms with Crippen molar-refractivity contribution >= 4 is 17.3 Å². The molecule has 1 aromatic carbocycles. The summed E-state index contributed by atoms with van der Waals surface area (Å²) < 4.78 is 5.03. The lowest BCUT2D eigenvalue weighted by Gasteiger charge is -2.15. The van der Waals surface area contributed by atoms with Gasteiger partial charge in [0.05, 0.1) is 13.1 Å². The summed E-state index contributed by atoms with van der Waals surface area (Å²) in [5.74, 6) is 0.863. The Bertz CT molecular complexity index is 235. The first-order valence-corrected chi connectivity index (χ1v) is 4.22. The van der Waals surface area contributed by atoms with Gasteiger partial charge in [0.15, 0.2) is 0 Å². The van der Waals surface area contributed by atoms with Crippen LogP contribution in [0.2, 0.25) is 0 Å². The SMILES string of the molecule is COc1ccc(N(C)CCl)cc1. The molecule has 0 unspecified atom stereocenters. The van der Waals surface area contributed by atoms with Crippen molar-refractivity contribution < 1.29 is 4.74 Å². The number of methoxy groups -OCH3 is 1. The van der Waals surface area contributed by atoms with E-state index in [1.54, 1.807) is 7.11 Å². The highest BCUT2D eigenvalue weighted by Gasteiger charge is 1.97. The summed E-state index contributed by atoms with van der Waals surface area (Å²) >= 11 is 5.65. The van der Waals surface area contributed by atoms with E-state index in [0.29, 0.717) is 6.00 Å². The van der Waals surface area contributed by atoms with Crippen molar-refractivity contribution in [2.75, 3.05) is 25.1 Å². The van der Waals surface area contributed by atoms with Crippen molar-refractivity contribution in [2.45, 2.75) is 0 Å². The largest absolute Gasteiger partial charge is 0.497 e. The Hall–Kier alpha value is -0.890. The Kier molecular flexibility index (Phi) is 3.23. The van der Waals surface area contributed by atoms with Gasteiger partial charge < -0.3 is 9.64 Å². The first-order chi connectivity index (χ1) is 5.77. The van der Waals surface area contributed by atoms with Crippen LogP contribution in [0.1, 0.15) is 0 Å². The molecule has 2 nitrogen and oxygen atoms in total. The Morgan fingerprint density at radius 3 is 2.33 bits per heavy atom. The minimum Gasteiger partial charge on any atom is -0.497 e. The fourth-order valence-corrected chi connectivity index (χ4v) is 1.04. The van der Waals surface area contributed by atoms with Gasteiger partial charge in [-0.25, -0.2) is 0 Å². The second kappa shape index (κ2) is 4.21. The number of ether oxygens (including phenoxy) is 1. The van der Waals surface area contributed by atoms with Crippen molar-refractivity contribution in [3.05, 3.63) is 24.3 Å². The smallest absolute Gasteiger partial charge is 0.119 e. The third-order valence-corrected chi connectivity index (χ3v) is 2.05. The van der Waals surface area contributed by atoms with E-state index in [9.17, 15) is 0 Å². The van der Waals surface area contributed by atoms with Crippen molar-refractivity contribution in [2.24, 2.45) is 0 Å². The van der Waals surface area contributed by atoms with Crippen LogP contribution in [-0.4, -0.2) is 20.2 Å². The molecule has 0 N–H and O–H groups in total. The number of halogens is 1. The van der Waals surface area contributed by atoms with Gasteiger partial charge in [0.25, 0.3) is 0 Å². The molecule has 0 atom stereocenters. The highest BCUT2D eigenvalue weighted by molar-refractivity contribution is 6.18. The third kappa shape index (κ3) is 2.05. The number of alkyl halides is 1. The molecule has 12 heavy (non-hydrogen) atoms. The number of nitrogens with zero attached hydrogens (tertiary/aromatic N) is 1. The summed E-state index contributed by atoms with van der Waals surface area (Å²) in [5, 5.41) is 0. The Morgan fingerprint density at radius 2 is 1.92 bits per heavy atom. The molecule has 1 aromatic rings. The summed E-state index contributed by atoms with van der Waals surface area (Å²) in [5.41, 5.74) is 1.09. The average Bonchev–Trinajstić information content (AvgIpc) is 2.17. The fourth-order valence-electron chi connectivity index (χ4n) is 0.906. The van der Waals surface area contributed by atoms with E-state index in [4.69, 9.17) is 16.3 Å². The van der Waals surface area contributed by atoms with Crippen LogP contribution in [0.5, 0.6) is 5.75 Å². The lowest BCUT2D eigenvalue weighted by atomic mass is 10.3. The molecule has 0 amide bonds. The lowest BCUT2D eigenvalue weighted by Crippen LogP contribution is -2.13. The first-order valence-electron chi connectivity index (χ1n) is 3.69. The predicted octanol–water partition coefficient (Wildman–Crippen LogP) is 2.33. The maximum atomic E-state index is 5.65. The van der Waals surface area contributed by atoms with Crippen LogP contribution in [0.3, 0.4) is 0 Å². The van der Waals surface area contributed by atoms with E-state index >= 15 is 0 Å². The molecule has 0 spiro atoms. The molecule has 0 radical (unpaired) electrons. The predicted molar refractivity (Wildman–Crippen MR) is 52.1 cm³/mol. The third-order valence-electron chi connectivity index (χ3n) is 1.69. The summed E-state index contributed by atoms with van der Waals surface area (Å²) in [6.45, 7) is 0. The highest BCUT2D eigenvalue weighted by Crippen LogP contribution is 2.17. The summed E-state index contributed by atoms with van der Waals surface area (Å²) in [7, 11) is 3.59. The molecule has 0 heterocycles. The molecule has 3 heteroatoms. The normalized spacial score (nSPS) is 9.58. The maximum absolute atomic E-state index is 5.65. The zero-order chi connectivity index (χ0) is 8.97. The number of rotatable bonds is 3. The van der Waals surface area contributed by atoms with Crippen LogP contribution in [0.15, 0.2) is 24.3 Å². The second-order valence-electron chi connectivity index (χ2n) is 2.52. The fraction of sp³-hybridized carbons (Fsp3) is 0.333. The zero-order valence-electron chi connectivity index (χ0n) is 7.25. The van der Waals surface area contributed by atoms with E-state index in [2.05, 4.69) is 0 Å². The van der Waals surface area contributed by atoms with Crippen LogP contribution < -0.4 is 9.64 Å². The van der Waals surface area contributed by atoms with Gasteiger partial charge in [-0.3, -0.25) is 0 Å². The van der Waals surface area contributed by atoms with E-state index in [-0.39, 0.29) is 0 Å². The molecule has 0 aromatic heterocycles. The molecule has 0 aliphatic carbocycles. The van der Waals surface area contributed by atoms with Crippen LogP contribution in [0.25, 0.3) is 0 Å². The molecule has 66 valence electrons. The number of hydrogen-bond acceptors (Lipinski definition) is 2. The molecule has 0 saturated carbocycles. The van der Waals surface area contributed by atoms with E-state index in [1.165, 1.54) is 0 Å². The average molecular weight is 186 g/mol. The van der Waals surface area contributed by atoms with Gasteiger partial charge in [0.1, 0.15) is 5.75 Å². The number of hydrogen-bond donors (Lipinski definition) is 0. The van der Waals surface area contributed by atoms with Crippen molar-refractivity contribution in [3.63, 3.8) is 0 Å². The molecule has 1 rings (SSSR count). The number of anilines is 1. The van der Waals surface area contributed by atoms with Gasteiger partial charge in [-0.2, -0.15) is 0 Å². The number of benzene rings is 1. The van der Waals surface area contributed by atoms with Crippen molar-refractivity contribution in [1.29, 1.82) is 0 Å². The Balaban J connectivity index is 2.77. The Morgan fingerprint density at radius 1 is 1.33 bits per heavy atom. The van der Waals surface area contributed by atoms with Gasteiger partial charge >= 0.3 is 0 Å². The highest BCUT2D eigenvalue weighted by atomic mass is 35.5. The van der Waals surface area contributed by atoms with Gasteiger partial charge in [0.2, 0.25) is 0 Å². The van der Waals surface area contributed by atoms with Crippen LogP contribution in [0, 0.1) is 0 Å². The molecular formula is C9H12ClNO. The topological polar surface area (TPSA) is 12.5 Å². The van der Waals surface area contributed by atoms with E-state index in [1.807, 2.05) is 36.2 Å². The molecule has 0 saturated heterocycles. The van der Waals surface area contributed by atoms with Crippen LogP contribution in [-0.2, 0) is 0 Å². The van der Waals surface area contributed by atoms with Crippen LogP contribution >= 0.6 is 11.6 Å². The quantitative estimate of drug-likeness (QED) is 0.530. The molecule has 0 fully saturated rings. The minimum atomic E-state index is 0.492. The molecule has 0 bridgehead atoms. The molecular weight excluding hydrogens is 174 g/mol. The van der Waals surface area contributed by atoms with Gasteiger partial charge in [-0.15, -0.1) is 11.6 Å². The first kappa shape index (κ1) is 9.20. The summed E-state index contributed by atoms with van der Waals surface area (Å²) in [6.07, 6.45) is 0. The van der Waals surface area contributed by atoms with Crippen molar-refractivity contribution in [1.82, 2.24) is 0 Å². The van der Waals surface area contributed by atoms with Gasteiger partial charge in [0, 0.05) is 12.7 Å². The van der Waals surface area contributed by atoms with Crippen LogP contribution in [0.4, 0.5) is 5.69 Å². The summed E-state index contributed by atoms with van der Waals surface area (Å²) in [4.78, 5) is 1.95. The minimum absolute atomic E-state index is 0.492. The molecule has 0 aliphatic rings. The Labute approximate surface area is 77.7 Å². The summed E-state index contributed by atoms with van der Waals surface area (Å²) in [6, 6.07) is 8.27.